The van der Waals surface area contributed by atoms with Crippen LogP contribution in [0, 0.1) is 0 Å². The second-order valence-corrected chi connectivity index (χ2v) is 4.84. The van der Waals surface area contributed by atoms with Gasteiger partial charge in [-0.15, -0.1) is 0 Å². The van der Waals surface area contributed by atoms with Gasteiger partial charge >= 0.3 is 6.01 Å². The van der Waals surface area contributed by atoms with Gasteiger partial charge in [-0.05, 0) is 26.9 Å². The van der Waals surface area contributed by atoms with Crippen molar-refractivity contribution in [1.82, 2.24) is 19.9 Å². The zero-order valence-electron chi connectivity index (χ0n) is 11.9. The number of anilines is 2. The van der Waals surface area contributed by atoms with E-state index in [1.807, 2.05) is 14.1 Å². The number of aromatic nitrogens is 3. The summed E-state index contributed by atoms with van der Waals surface area (Å²) < 4.78 is 5.59. The van der Waals surface area contributed by atoms with Crippen molar-refractivity contribution in [3.05, 3.63) is 0 Å². The number of hydrogen-bond acceptors (Lipinski definition) is 7. The van der Waals surface area contributed by atoms with Crippen LogP contribution in [0.1, 0.15) is 12.8 Å². The Morgan fingerprint density at radius 2 is 1.95 bits per heavy atom. The summed E-state index contributed by atoms with van der Waals surface area (Å²) in [6, 6.07) is 0.392. The maximum atomic E-state index is 5.59. The van der Waals surface area contributed by atoms with Gasteiger partial charge in [0.25, 0.3) is 0 Å². The molecule has 0 bridgehead atoms. The average Bonchev–Trinajstić information content (AvgIpc) is 2.92. The molecule has 1 N–H and O–H groups in total. The van der Waals surface area contributed by atoms with E-state index in [-0.39, 0.29) is 0 Å². The fourth-order valence-electron chi connectivity index (χ4n) is 1.90. The lowest BCUT2D eigenvalue weighted by atomic mass is 10.4. The Bertz CT molecular complexity index is 405. The third kappa shape index (κ3) is 3.92. The van der Waals surface area contributed by atoms with E-state index in [4.69, 9.17) is 4.74 Å². The Morgan fingerprint density at radius 3 is 2.58 bits per heavy atom. The Kier molecular flexibility index (Phi) is 4.73. The molecule has 1 saturated heterocycles. The molecule has 0 aromatic carbocycles. The SMILES string of the molecule is CNc1nc(OCCN(C)C)nc(N2CCCC2)n1. The highest BCUT2D eigenvalue weighted by Gasteiger charge is 2.17. The van der Waals surface area contributed by atoms with Gasteiger partial charge in [0.2, 0.25) is 11.9 Å². The second kappa shape index (κ2) is 6.51. The number of nitrogens with zero attached hydrogens (tertiary/aromatic N) is 5. The fourth-order valence-corrected chi connectivity index (χ4v) is 1.90. The van der Waals surface area contributed by atoms with Crippen LogP contribution in [0.4, 0.5) is 11.9 Å². The summed E-state index contributed by atoms with van der Waals surface area (Å²) >= 11 is 0. The number of likely N-dealkylation sites (N-methyl/N-ethyl adjacent to an activating group) is 1. The van der Waals surface area contributed by atoms with Gasteiger partial charge in [0, 0.05) is 26.7 Å². The Hall–Kier alpha value is -1.63. The van der Waals surface area contributed by atoms with Crippen LogP contribution in [0.25, 0.3) is 0 Å². The van der Waals surface area contributed by atoms with Crippen molar-refractivity contribution < 1.29 is 4.74 Å². The molecule has 0 unspecified atom stereocenters. The molecule has 106 valence electrons. The van der Waals surface area contributed by atoms with Gasteiger partial charge < -0.3 is 19.9 Å². The topological polar surface area (TPSA) is 66.4 Å². The van der Waals surface area contributed by atoms with Crippen molar-refractivity contribution >= 4 is 11.9 Å². The van der Waals surface area contributed by atoms with Gasteiger partial charge in [-0.25, -0.2) is 0 Å². The van der Waals surface area contributed by atoms with E-state index < -0.39 is 0 Å². The highest BCUT2D eigenvalue weighted by molar-refractivity contribution is 5.38. The minimum Gasteiger partial charge on any atom is -0.462 e. The monoisotopic (exact) mass is 266 g/mol. The van der Waals surface area contributed by atoms with Crippen LogP contribution in [-0.2, 0) is 0 Å². The molecule has 0 saturated carbocycles. The third-order valence-corrected chi connectivity index (χ3v) is 2.99. The lowest BCUT2D eigenvalue weighted by molar-refractivity contribution is 0.245. The van der Waals surface area contributed by atoms with Crippen molar-refractivity contribution in [1.29, 1.82) is 0 Å². The molecule has 1 aromatic rings. The zero-order chi connectivity index (χ0) is 13.7. The van der Waals surface area contributed by atoms with E-state index in [0.717, 1.165) is 19.6 Å². The summed E-state index contributed by atoms with van der Waals surface area (Å²) in [5, 5.41) is 2.95. The van der Waals surface area contributed by atoms with Crippen LogP contribution < -0.4 is 15.0 Å². The summed E-state index contributed by atoms with van der Waals surface area (Å²) in [5.74, 6) is 1.26. The average molecular weight is 266 g/mol. The number of ether oxygens (including phenoxy) is 1. The van der Waals surface area contributed by atoms with Gasteiger partial charge in [0.05, 0.1) is 0 Å². The molecule has 0 radical (unpaired) electrons. The van der Waals surface area contributed by atoms with Crippen LogP contribution in [0.15, 0.2) is 0 Å². The Labute approximate surface area is 114 Å². The van der Waals surface area contributed by atoms with Gasteiger partial charge in [0.15, 0.2) is 0 Å². The first kappa shape index (κ1) is 13.8. The third-order valence-electron chi connectivity index (χ3n) is 2.99. The van der Waals surface area contributed by atoms with Crippen molar-refractivity contribution in [2.45, 2.75) is 12.8 Å². The van der Waals surface area contributed by atoms with Crippen LogP contribution >= 0.6 is 0 Å². The molecule has 1 fully saturated rings. The summed E-state index contributed by atoms with van der Waals surface area (Å²) in [7, 11) is 5.81. The molecular formula is C12H22N6O. The summed E-state index contributed by atoms with van der Waals surface area (Å²) in [4.78, 5) is 17.2. The van der Waals surface area contributed by atoms with Gasteiger partial charge in [0.1, 0.15) is 6.61 Å². The summed E-state index contributed by atoms with van der Waals surface area (Å²) in [5.41, 5.74) is 0. The molecule has 2 heterocycles. The predicted octanol–water partition coefficient (Wildman–Crippen LogP) is 0.454. The molecule has 0 amide bonds. The first-order valence-corrected chi connectivity index (χ1v) is 6.65. The van der Waals surface area contributed by atoms with Gasteiger partial charge in [-0.2, -0.15) is 15.0 Å². The van der Waals surface area contributed by atoms with Crippen molar-refractivity contribution in [3.63, 3.8) is 0 Å². The highest BCUT2D eigenvalue weighted by atomic mass is 16.5. The molecule has 0 atom stereocenters. The van der Waals surface area contributed by atoms with Crippen molar-refractivity contribution in [2.75, 3.05) is 57.6 Å². The largest absolute Gasteiger partial charge is 0.462 e. The minimum absolute atomic E-state index is 0.392. The molecular weight excluding hydrogens is 244 g/mol. The molecule has 2 rings (SSSR count). The van der Waals surface area contributed by atoms with Crippen LogP contribution in [0.2, 0.25) is 0 Å². The summed E-state index contributed by atoms with van der Waals surface area (Å²) in [6.07, 6.45) is 2.38. The molecule has 7 heteroatoms. The lowest BCUT2D eigenvalue weighted by Crippen LogP contribution is -2.23. The standard InChI is InChI=1S/C12H22N6O/c1-13-10-14-11(18-6-4-5-7-18)16-12(15-10)19-9-8-17(2)3/h4-9H2,1-3H3,(H,13,14,15,16). The molecule has 1 aromatic heterocycles. The van der Waals surface area contributed by atoms with E-state index >= 15 is 0 Å². The first-order chi connectivity index (χ1) is 9.19. The predicted molar refractivity (Wildman–Crippen MR) is 74.9 cm³/mol. The number of rotatable bonds is 6. The van der Waals surface area contributed by atoms with E-state index in [1.54, 1.807) is 7.05 Å². The quantitative estimate of drug-likeness (QED) is 0.802. The summed E-state index contributed by atoms with van der Waals surface area (Å²) in [6.45, 7) is 3.41. The molecule has 19 heavy (non-hydrogen) atoms. The maximum Gasteiger partial charge on any atom is 0.323 e. The van der Waals surface area contributed by atoms with E-state index in [0.29, 0.717) is 24.5 Å². The van der Waals surface area contributed by atoms with Crippen molar-refractivity contribution in [3.8, 4) is 6.01 Å². The van der Waals surface area contributed by atoms with E-state index in [9.17, 15) is 0 Å². The Morgan fingerprint density at radius 1 is 1.21 bits per heavy atom. The Balaban J connectivity index is 2.06. The zero-order valence-corrected chi connectivity index (χ0v) is 11.9. The first-order valence-electron chi connectivity index (χ1n) is 6.65. The van der Waals surface area contributed by atoms with E-state index in [2.05, 4.69) is 30.1 Å². The smallest absolute Gasteiger partial charge is 0.323 e. The van der Waals surface area contributed by atoms with Crippen molar-refractivity contribution in [2.24, 2.45) is 0 Å². The van der Waals surface area contributed by atoms with E-state index in [1.165, 1.54) is 12.8 Å². The van der Waals surface area contributed by atoms with Crippen LogP contribution in [0.3, 0.4) is 0 Å². The number of hydrogen-bond donors (Lipinski definition) is 1. The van der Waals surface area contributed by atoms with Crippen LogP contribution in [-0.4, -0.2) is 67.2 Å². The normalized spacial score (nSPS) is 15.1. The van der Waals surface area contributed by atoms with Gasteiger partial charge in [-0.1, -0.05) is 0 Å². The highest BCUT2D eigenvalue weighted by Crippen LogP contribution is 2.19. The fraction of sp³-hybridized carbons (Fsp3) is 0.750. The van der Waals surface area contributed by atoms with Gasteiger partial charge in [-0.3, -0.25) is 0 Å². The molecule has 7 nitrogen and oxygen atoms in total. The van der Waals surface area contributed by atoms with Crippen LogP contribution in [0.5, 0.6) is 6.01 Å². The molecule has 0 aliphatic carbocycles. The molecule has 1 aliphatic heterocycles. The molecule has 0 spiro atoms. The minimum atomic E-state index is 0.392. The molecule has 1 aliphatic rings. The lowest BCUT2D eigenvalue weighted by Gasteiger charge is -2.16. The number of nitrogens with one attached hydrogen (secondary N) is 1. The maximum absolute atomic E-state index is 5.59. The second-order valence-electron chi connectivity index (χ2n) is 4.84.